The van der Waals surface area contributed by atoms with Crippen LogP contribution in [-0.2, 0) is 0 Å². The van der Waals surface area contributed by atoms with E-state index < -0.39 is 0 Å². The number of aromatic nitrogens is 2. The van der Waals surface area contributed by atoms with Gasteiger partial charge in [-0.25, -0.2) is 0 Å². The number of fused-ring (bicyclic) bond motifs is 1. The summed E-state index contributed by atoms with van der Waals surface area (Å²) in [6.07, 6.45) is 7.06. The topological polar surface area (TPSA) is 57.8 Å². The number of nitrogens with one attached hydrogen (secondary N) is 2. The number of H-pyrrole nitrogens is 1. The lowest BCUT2D eigenvalue weighted by Crippen LogP contribution is -2.31. The highest BCUT2D eigenvalue weighted by atomic mass is 16.1. The van der Waals surface area contributed by atoms with E-state index in [2.05, 4.69) is 15.5 Å². The highest BCUT2D eigenvalue weighted by Crippen LogP contribution is 2.60. The standard InChI is InChI=1S/C15H17N3O/c19-14(16-9-15(5-6-15)12-3-4-12)10-1-2-11-8-17-18-13(11)7-10/h1-2,7-8,12H,3-6,9H2,(H,16,19)(H,17,18). The lowest BCUT2D eigenvalue weighted by molar-refractivity contribution is 0.0942. The molecule has 2 aliphatic rings. The fourth-order valence-corrected chi connectivity index (χ4v) is 3.02. The number of hydrogen-bond donors (Lipinski definition) is 2. The van der Waals surface area contributed by atoms with Gasteiger partial charge in [0.25, 0.3) is 5.91 Å². The molecule has 0 aliphatic heterocycles. The van der Waals surface area contributed by atoms with Gasteiger partial charge in [-0.2, -0.15) is 5.10 Å². The van der Waals surface area contributed by atoms with Gasteiger partial charge in [0, 0.05) is 17.5 Å². The predicted molar refractivity (Wildman–Crippen MR) is 72.8 cm³/mol. The average Bonchev–Trinajstić information content (AvgIpc) is 3.32. The third kappa shape index (κ3) is 1.91. The third-order valence-electron chi connectivity index (χ3n) is 4.64. The Bertz CT molecular complexity index is 638. The average molecular weight is 255 g/mol. The minimum atomic E-state index is 0.0309. The molecule has 4 heteroatoms. The fraction of sp³-hybridized carbons (Fsp3) is 0.467. The summed E-state index contributed by atoms with van der Waals surface area (Å²) in [5, 5.41) is 11.0. The van der Waals surface area contributed by atoms with Crippen LogP contribution >= 0.6 is 0 Å². The van der Waals surface area contributed by atoms with Crippen molar-refractivity contribution in [3.63, 3.8) is 0 Å². The molecule has 0 unspecified atom stereocenters. The second-order valence-corrected chi connectivity index (χ2v) is 5.99. The number of carbonyl (C=O) groups excluding carboxylic acids is 1. The van der Waals surface area contributed by atoms with Crippen molar-refractivity contribution in [1.29, 1.82) is 0 Å². The minimum absolute atomic E-state index is 0.0309. The van der Waals surface area contributed by atoms with Gasteiger partial charge in [0.15, 0.2) is 0 Å². The molecule has 0 atom stereocenters. The third-order valence-corrected chi connectivity index (χ3v) is 4.64. The zero-order valence-corrected chi connectivity index (χ0v) is 10.8. The van der Waals surface area contributed by atoms with E-state index in [1.54, 1.807) is 6.20 Å². The summed E-state index contributed by atoms with van der Waals surface area (Å²) in [6.45, 7) is 0.845. The van der Waals surface area contributed by atoms with Crippen molar-refractivity contribution in [1.82, 2.24) is 15.5 Å². The largest absolute Gasteiger partial charge is 0.351 e. The zero-order chi connectivity index (χ0) is 12.9. The van der Waals surface area contributed by atoms with Crippen LogP contribution in [0, 0.1) is 11.3 Å². The van der Waals surface area contributed by atoms with E-state index in [-0.39, 0.29) is 5.91 Å². The summed E-state index contributed by atoms with van der Waals surface area (Å²) in [6, 6.07) is 5.67. The number of hydrogen-bond acceptors (Lipinski definition) is 2. The molecule has 1 amide bonds. The van der Waals surface area contributed by atoms with Crippen molar-refractivity contribution in [2.24, 2.45) is 11.3 Å². The highest BCUT2D eigenvalue weighted by molar-refractivity contribution is 5.97. The Morgan fingerprint density at radius 1 is 1.42 bits per heavy atom. The monoisotopic (exact) mass is 255 g/mol. The van der Waals surface area contributed by atoms with Crippen LogP contribution in [0.4, 0.5) is 0 Å². The minimum Gasteiger partial charge on any atom is -0.351 e. The first-order chi connectivity index (χ1) is 9.27. The van der Waals surface area contributed by atoms with E-state index in [9.17, 15) is 4.79 Å². The van der Waals surface area contributed by atoms with Gasteiger partial charge in [-0.3, -0.25) is 9.89 Å². The molecule has 2 aromatic rings. The van der Waals surface area contributed by atoms with Gasteiger partial charge in [0.2, 0.25) is 0 Å². The molecule has 0 bridgehead atoms. The van der Waals surface area contributed by atoms with Gasteiger partial charge in [-0.1, -0.05) is 6.07 Å². The Morgan fingerprint density at radius 2 is 2.26 bits per heavy atom. The van der Waals surface area contributed by atoms with Crippen molar-refractivity contribution in [2.75, 3.05) is 6.54 Å². The summed E-state index contributed by atoms with van der Waals surface area (Å²) in [5.41, 5.74) is 2.08. The first-order valence-corrected chi connectivity index (χ1v) is 6.98. The summed E-state index contributed by atoms with van der Waals surface area (Å²) in [5.74, 6) is 0.909. The second kappa shape index (κ2) is 3.83. The van der Waals surface area contributed by atoms with Gasteiger partial charge in [0.05, 0.1) is 11.7 Å². The van der Waals surface area contributed by atoms with Gasteiger partial charge in [-0.15, -0.1) is 0 Å². The molecule has 0 spiro atoms. The maximum atomic E-state index is 12.2. The fourth-order valence-electron chi connectivity index (χ4n) is 3.02. The van der Waals surface area contributed by atoms with E-state index in [0.717, 1.165) is 23.4 Å². The Labute approximate surface area is 111 Å². The summed E-state index contributed by atoms with van der Waals surface area (Å²) >= 11 is 0. The number of nitrogens with zero attached hydrogens (tertiary/aromatic N) is 1. The molecule has 98 valence electrons. The number of aromatic amines is 1. The second-order valence-electron chi connectivity index (χ2n) is 5.99. The van der Waals surface area contributed by atoms with Crippen LogP contribution in [-0.4, -0.2) is 22.6 Å². The van der Waals surface area contributed by atoms with Crippen LogP contribution in [0.3, 0.4) is 0 Å². The van der Waals surface area contributed by atoms with Crippen molar-refractivity contribution < 1.29 is 4.79 Å². The first kappa shape index (κ1) is 11.0. The molecule has 4 rings (SSSR count). The van der Waals surface area contributed by atoms with Crippen molar-refractivity contribution in [3.8, 4) is 0 Å². The van der Waals surface area contributed by atoms with Gasteiger partial charge in [0.1, 0.15) is 0 Å². The van der Waals surface area contributed by atoms with E-state index in [1.165, 1.54) is 25.7 Å². The number of carbonyl (C=O) groups is 1. The molecule has 1 heterocycles. The van der Waals surface area contributed by atoms with E-state index >= 15 is 0 Å². The summed E-state index contributed by atoms with van der Waals surface area (Å²) in [4.78, 5) is 12.2. The Kier molecular flexibility index (Phi) is 2.22. The summed E-state index contributed by atoms with van der Waals surface area (Å²) < 4.78 is 0. The molecular weight excluding hydrogens is 238 g/mol. The van der Waals surface area contributed by atoms with E-state index in [4.69, 9.17) is 0 Å². The van der Waals surface area contributed by atoms with Gasteiger partial charge < -0.3 is 5.32 Å². The van der Waals surface area contributed by atoms with Crippen LogP contribution in [0.5, 0.6) is 0 Å². The quantitative estimate of drug-likeness (QED) is 0.881. The maximum absolute atomic E-state index is 12.2. The predicted octanol–water partition coefficient (Wildman–Crippen LogP) is 2.48. The molecule has 1 aromatic carbocycles. The number of rotatable bonds is 4. The van der Waals surface area contributed by atoms with Crippen LogP contribution in [0.25, 0.3) is 10.9 Å². The Balaban J connectivity index is 1.47. The van der Waals surface area contributed by atoms with Crippen molar-refractivity contribution in [2.45, 2.75) is 25.7 Å². The van der Waals surface area contributed by atoms with Gasteiger partial charge >= 0.3 is 0 Å². The lowest BCUT2D eigenvalue weighted by Gasteiger charge is -2.14. The van der Waals surface area contributed by atoms with E-state index in [1.807, 2.05) is 18.2 Å². The normalized spacial score (nSPS) is 20.4. The lowest BCUT2D eigenvalue weighted by atomic mass is 10.0. The molecule has 0 radical (unpaired) electrons. The van der Waals surface area contributed by atoms with Crippen molar-refractivity contribution >= 4 is 16.8 Å². The summed E-state index contributed by atoms with van der Waals surface area (Å²) in [7, 11) is 0. The molecule has 2 aliphatic carbocycles. The van der Waals surface area contributed by atoms with Crippen LogP contribution in [0.1, 0.15) is 36.0 Å². The Hall–Kier alpha value is -1.84. The molecule has 1 aromatic heterocycles. The molecule has 19 heavy (non-hydrogen) atoms. The molecular formula is C15H17N3O. The SMILES string of the molecule is O=C(NCC1(C2CC2)CC1)c1ccc2cn[nH]c2c1. The molecule has 2 fully saturated rings. The van der Waals surface area contributed by atoms with E-state index in [0.29, 0.717) is 11.0 Å². The van der Waals surface area contributed by atoms with Gasteiger partial charge in [-0.05, 0) is 49.1 Å². The zero-order valence-electron chi connectivity index (χ0n) is 10.8. The molecule has 4 nitrogen and oxygen atoms in total. The Morgan fingerprint density at radius 3 is 3.00 bits per heavy atom. The van der Waals surface area contributed by atoms with Crippen LogP contribution in [0.15, 0.2) is 24.4 Å². The highest BCUT2D eigenvalue weighted by Gasteiger charge is 2.53. The molecule has 2 N–H and O–H groups in total. The van der Waals surface area contributed by atoms with Crippen LogP contribution < -0.4 is 5.32 Å². The first-order valence-electron chi connectivity index (χ1n) is 6.98. The number of benzene rings is 1. The van der Waals surface area contributed by atoms with Crippen LogP contribution in [0.2, 0.25) is 0 Å². The maximum Gasteiger partial charge on any atom is 0.251 e. The number of amides is 1. The molecule has 2 saturated carbocycles. The van der Waals surface area contributed by atoms with Crippen molar-refractivity contribution in [3.05, 3.63) is 30.0 Å². The molecule has 0 saturated heterocycles. The smallest absolute Gasteiger partial charge is 0.251 e.